The number of benzene rings is 7. The summed E-state index contributed by atoms with van der Waals surface area (Å²) < 4.78 is 2.46. The molecule has 0 aliphatic carbocycles. The molecule has 0 saturated carbocycles. The predicted molar refractivity (Wildman–Crippen MR) is 171 cm³/mol. The molecule has 0 saturated heterocycles. The molecule has 0 bridgehead atoms. The normalized spacial score (nSPS) is 12.0. The molecule has 9 aromatic rings. The quantitative estimate of drug-likeness (QED) is 0.224. The Balaban J connectivity index is 1.35. The van der Waals surface area contributed by atoms with Gasteiger partial charge in [0.15, 0.2) is 0 Å². The second kappa shape index (κ2) is 8.08. The van der Waals surface area contributed by atoms with Gasteiger partial charge in [-0.15, -0.1) is 0 Å². The summed E-state index contributed by atoms with van der Waals surface area (Å²) in [6.07, 6.45) is 0. The van der Waals surface area contributed by atoms with Gasteiger partial charge in [0.05, 0.1) is 16.7 Å². The lowest BCUT2D eigenvalue weighted by atomic mass is 9.99. The molecule has 2 aromatic heterocycles. The lowest BCUT2D eigenvalue weighted by molar-refractivity contribution is 1.20. The number of nitrogens with one attached hydrogen (secondary N) is 1. The summed E-state index contributed by atoms with van der Waals surface area (Å²) in [7, 11) is 0. The summed E-state index contributed by atoms with van der Waals surface area (Å²) in [5.74, 6) is 0. The van der Waals surface area contributed by atoms with Crippen LogP contribution >= 0.6 is 0 Å². The monoisotopic (exact) mass is 508 g/mol. The third-order valence-electron chi connectivity index (χ3n) is 8.50. The number of hydrogen-bond acceptors (Lipinski definition) is 0. The van der Waals surface area contributed by atoms with Crippen molar-refractivity contribution in [3.05, 3.63) is 140 Å². The zero-order valence-electron chi connectivity index (χ0n) is 21.7. The van der Waals surface area contributed by atoms with Crippen LogP contribution in [0.2, 0.25) is 0 Å². The van der Waals surface area contributed by atoms with Crippen LogP contribution in [0, 0.1) is 0 Å². The van der Waals surface area contributed by atoms with E-state index in [1.54, 1.807) is 0 Å². The first-order valence-corrected chi connectivity index (χ1v) is 13.8. The van der Waals surface area contributed by atoms with Crippen LogP contribution < -0.4 is 0 Å². The van der Waals surface area contributed by atoms with Gasteiger partial charge >= 0.3 is 0 Å². The van der Waals surface area contributed by atoms with Gasteiger partial charge in [-0.2, -0.15) is 0 Å². The van der Waals surface area contributed by atoms with Crippen molar-refractivity contribution in [2.24, 2.45) is 0 Å². The Morgan fingerprint density at radius 2 is 0.975 bits per heavy atom. The molecule has 0 radical (unpaired) electrons. The highest BCUT2D eigenvalue weighted by Gasteiger charge is 2.16. The molecule has 0 spiro atoms. The highest BCUT2D eigenvalue weighted by atomic mass is 15.0. The van der Waals surface area contributed by atoms with Gasteiger partial charge in [-0.1, -0.05) is 109 Å². The first-order chi connectivity index (χ1) is 19.8. The van der Waals surface area contributed by atoms with Crippen molar-refractivity contribution in [3.63, 3.8) is 0 Å². The van der Waals surface area contributed by atoms with E-state index in [1.807, 2.05) is 0 Å². The van der Waals surface area contributed by atoms with Gasteiger partial charge in [-0.3, -0.25) is 0 Å². The van der Waals surface area contributed by atoms with Gasteiger partial charge in [0.1, 0.15) is 0 Å². The predicted octanol–water partition coefficient (Wildman–Crippen LogP) is 10.4. The fourth-order valence-corrected chi connectivity index (χ4v) is 6.66. The number of nitrogens with zero attached hydrogens (tertiary/aromatic N) is 1. The fourth-order valence-electron chi connectivity index (χ4n) is 6.66. The summed E-state index contributed by atoms with van der Waals surface area (Å²) in [5, 5.41) is 10.1. The average Bonchev–Trinajstić information content (AvgIpc) is 3.55. The topological polar surface area (TPSA) is 20.7 Å². The molecule has 2 nitrogen and oxygen atoms in total. The van der Waals surface area contributed by atoms with Crippen LogP contribution in [-0.4, -0.2) is 9.55 Å². The standard InChI is InChI=1S/C38H24N2/c1-2-10-27-26(9-1)23-38(31-13-4-3-11-28(27)31)40-36-16-8-6-14-32(36)33-20-18-25(22-37(33)40)24-17-19-30-29-12-5-7-15-34(29)39-35(30)21-24/h1-23,39H. The zero-order valence-corrected chi connectivity index (χ0v) is 21.7. The maximum Gasteiger partial charge on any atom is 0.0547 e. The minimum absolute atomic E-state index is 1.17. The largest absolute Gasteiger partial charge is 0.354 e. The van der Waals surface area contributed by atoms with Crippen molar-refractivity contribution in [1.29, 1.82) is 0 Å². The summed E-state index contributed by atoms with van der Waals surface area (Å²) in [6, 6.07) is 50.9. The molecule has 0 aliphatic rings. The fraction of sp³-hybridized carbons (Fsp3) is 0. The summed E-state index contributed by atoms with van der Waals surface area (Å²) >= 11 is 0. The first-order valence-electron chi connectivity index (χ1n) is 13.8. The molecule has 0 atom stereocenters. The number of aromatic amines is 1. The second-order valence-corrected chi connectivity index (χ2v) is 10.7. The smallest absolute Gasteiger partial charge is 0.0547 e. The minimum Gasteiger partial charge on any atom is -0.354 e. The highest BCUT2D eigenvalue weighted by Crippen LogP contribution is 2.39. The number of H-pyrrole nitrogens is 1. The van der Waals surface area contributed by atoms with Crippen LogP contribution in [0.25, 0.3) is 82.0 Å². The van der Waals surface area contributed by atoms with Crippen molar-refractivity contribution >= 4 is 65.2 Å². The van der Waals surface area contributed by atoms with Crippen molar-refractivity contribution in [2.45, 2.75) is 0 Å². The van der Waals surface area contributed by atoms with Gasteiger partial charge in [0.25, 0.3) is 0 Å². The molecular weight excluding hydrogens is 484 g/mol. The minimum atomic E-state index is 1.17. The van der Waals surface area contributed by atoms with Crippen LogP contribution in [0.1, 0.15) is 0 Å². The maximum absolute atomic E-state index is 3.62. The van der Waals surface area contributed by atoms with Crippen LogP contribution in [0.15, 0.2) is 140 Å². The Bertz CT molecular complexity index is 2440. The van der Waals surface area contributed by atoms with E-state index in [9.17, 15) is 0 Å². The molecule has 0 aliphatic heterocycles. The molecule has 0 unspecified atom stereocenters. The SMILES string of the molecule is c1ccc2c(c1)cc(-n1c3ccccc3c3ccc(-c4ccc5c(c4)[nH]c4ccccc45)cc31)c1ccccc12. The highest BCUT2D eigenvalue weighted by molar-refractivity contribution is 6.15. The van der Waals surface area contributed by atoms with E-state index in [0.29, 0.717) is 0 Å². The van der Waals surface area contributed by atoms with E-state index < -0.39 is 0 Å². The van der Waals surface area contributed by atoms with E-state index >= 15 is 0 Å². The number of para-hydroxylation sites is 2. The first kappa shape index (κ1) is 21.6. The molecule has 9 rings (SSSR count). The lowest BCUT2D eigenvalue weighted by Gasteiger charge is -2.14. The Kier molecular flexibility index (Phi) is 4.36. The number of aromatic nitrogens is 2. The molecule has 0 fully saturated rings. The molecule has 186 valence electrons. The summed E-state index contributed by atoms with van der Waals surface area (Å²) in [6.45, 7) is 0. The summed E-state index contributed by atoms with van der Waals surface area (Å²) in [5.41, 5.74) is 8.41. The van der Waals surface area contributed by atoms with E-state index in [2.05, 4.69) is 149 Å². The van der Waals surface area contributed by atoms with Gasteiger partial charge in [0, 0.05) is 38.0 Å². The Hall–Kier alpha value is -5.34. The number of rotatable bonds is 2. The van der Waals surface area contributed by atoms with Gasteiger partial charge in [0.2, 0.25) is 0 Å². The third-order valence-corrected chi connectivity index (χ3v) is 8.50. The van der Waals surface area contributed by atoms with Crippen molar-refractivity contribution in [1.82, 2.24) is 9.55 Å². The molecule has 1 N–H and O–H groups in total. The maximum atomic E-state index is 3.62. The second-order valence-electron chi connectivity index (χ2n) is 10.7. The van der Waals surface area contributed by atoms with Crippen molar-refractivity contribution in [3.8, 4) is 16.8 Å². The molecular formula is C38H24N2. The Labute approximate surface area is 230 Å². The molecule has 0 amide bonds. The van der Waals surface area contributed by atoms with Gasteiger partial charge < -0.3 is 9.55 Å². The Morgan fingerprint density at radius 1 is 0.375 bits per heavy atom. The molecule has 40 heavy (non-hydrogen) atoms. The van der Waals surface area contributed by atoms with E-state index in [0.717, 1.165) is 0 Å². The van der Waals surface area contributed by atoms with Crippen LogP contribution in [-0.2, 0) is 0 Å². The third kappa shape index (κ3) is 2.99. The van der Waals surface area contributed by atoms with Crippen LogP contribution in [0.5, 0.6) is 0 Å². The van der Waals surface area contributed by atoms with Crippen LogP contribution in [0.4, 0.5) is 0 Å². The molecule has 7 aromatic carbocycles. The van der Waals surface area contributed by atoms with E-state index in [4.69, 9.17) is 0 Å². The average molecular weight is 509 g/mol. The van der Waals surface area contributed by atoms with E-state index in [1.165, 1.54) is 82.0 Å². The zero-order chi connectivity index (χ0) is 26.2. The van der Waals surface area contributed by atoms with Crippen molar-refractivity contribution < 1.29 is 0 Å². The molecule has 2 heterocycles. The van der Waals surface area contributed by atoms with Crippen LogP contribution in [0.3, 0.4) is 0 Å². The van der Waals surface area contributed by atoms with Gasteiger partial charge in [-0.25, -0.2) is 0 Å². The lowest BCUT2D eigenvalue weighted by Crippen LogP contribution is -1.96. The number of fused-ring (bicyclic) bond motifs is 9. The Morgan fingerprint density at radius 3 is 1.85 bits per heavy atom. The number of hydrogen-bond donors (Lipinski definition) is 1. The van der Waals surface area contributed by atoms with Gasteiger partial charge in [-0.05, 0) is 57.6 Å². The molecule has 2 heteroatoms. The summed E-state index contributed by atoms with van der Waals surface area (Å²) in [4.78, 5) is 3.62. The van der Waals surface area contributed by atoms with Crippen molar-refractivity contribution in [2.75, 3.05) is 0 Å². The van der Waals surface area contributed by atoms with E-state index in [-0.39, 0.29) is 0 Å².